The number of rotatable bonds is 12. The maximum atomic E-state index is 13.6. The van der Waals surface area contributed by atoms with E-state index in [0.717, 1.165) is 0 Å². The summed E-state index contributed by atoms with van der Waals surface area (Å²) in [4.78, 5) is 59.7. The molecule has 38 heavy (non-hydrogen) atoms. The Labute approximate surface area is 221 Å². The molecular weight excluding hydrogens is 492 g/mol. The third-order valence-electron chi connectivity index (χ3n) is 6.94. The SMILES string of the molecule is CCC(C)C(NC(=O)C(N)Cc1cnc[nH]1)C(=O)N1CCCC1C(=O)NC(Cc1ccc(O)cc1)C(=O)O. The third kappa shape index (κ3) is 7.31. The van der Waals surface area contributed by atoms with Gasteiger partial charge in [-0.3, -0.25) is 14.4 Å². The number of H-pyrrole nitrogens is 1. The fourth-order valence-electron chi connectivity index (χ4n) is 4.49. The lowest BCUT2D eigenvalue weighted by atomic mass is 9.96. The van der Waals surface area contributed by atoms with Crippen LogP contribution in [0, 0.1) is 5.92 Å². The summed E-state index contributed by atoms with van der Waals surface area (Å²) in [6.07, 6.45) is 4.85. The van der Waals surface area contributed by atoms with E-state index >= 15 is 0 Å². The molecule has 0 aliphatic carbocycles. The summed E-state index contributed by atoms with van der Waals surface area (Å²) in [6, 6.07) is 2.19. The lowest BCUT2D eigenvalue weighted by Gasteiger charge is -2.32. The van der Waals surface area contributed by atoms with Gasteiger partial charge >= 0.3 is 5.97 Å². The summed E-state index contributed by atoms with van der Waals surface area (Å²) in [6.45, 7) is 4.05. The number of aromatic amines is 1. The fraction of sp³-hybridized carbons (Fsp3) is 0.500. The molecule has 0 radical (unpaired) electrons. The molecule has 1 fully saturated rings. The number of hydrogen-bond donors (Lipinski definition) is 6. The van der Waals surface area contributed by atoms with Crippen molar-refractivity contribution in [1.82, 2.24) is 25.5 Å². The minimum Gasteiger partial charge on any atom is -0.508 e. The minimum atomic E-state index is -1.21. The molecule has 1 aliphatic rings. The van der Waals surface area contributed by atoms with Crippen LogP contribution in [0.3, 0.4) is 0 Å². The number of benzene rings is 1. The van der Waals surface area contributed by atoms with Gasteiger partial charge in [-0.25, -0.2) is 9.78 Å². The van der Waals surface area contributed by atoms with Gasteiger partial charge in [0.2, 0.25) is 17.7 Å². The first-order valence-electron chi connectivity index (χ1n) is 12.8. The Morgan fingerprint density at radius 2 is 1.89 bits per heavy atom. The van der Waals surface area contributed by atoms with Gasteiger partial charge in [-0.1, -0.05) is 32.4 Å². The third-order valence-corrected chi connectivity index (χ3v) is 6.94. The summed E-state index contributed by atoms with van der Waals surface area (Å²) in [7, 11) is 0. The van der Waals surface area contributed by atoms with Gasteiger partial charge in [0.15, 0.2) is 0 Å². The van der Waals surface area contributed by atoms with Gasteiger partial charge in [-0.2, -0.15) is 0 Å². The topological polar surface area (TPSA) is 191 Å². The first kappa shape index (κ1) is 28.6. The van der Waals surface area contributed by atoms with Crippen LogP contribution in [0.5, 0.6) is 5.75 Å². The number of phenolic OH excluding ortho intramolecular Hbond substituents is 1. The van der Waals surface area contributed by atoms with Gasteiger partial charge in [-0.05, 0) is 36.5 Å². The molecule has 3 rings (SSSR count). The first-order valence-corrected chi connectivity index (χ1v) is 12.8. The van der Waals surface area contributed by atoms with Gasteiger partial charge in [0.1, 0.15) is 23.9 Å². The lowest BCUT2D eigenvalue weighted by molar-refractivity contribution is -0.145. The zero-order chi connectivity index (χ0) is 27.8. The van der Waals surface area contributed by atoms with E-state index in [1.54, 1.807) is 18.3 Å². The molecule has 5 atom stereocenters. The number of phenols is 1. The van der Waals surface area contributed by atoms with Crippen molar-refractivity contribution in [3.8, 4) is 5.75 Å². The highest BCUT2D eigenvalue weighted by Crippen LogP contribution is 2.22. The van der Waals surface area contributed by atoms with E-state index in [1.165, 1.54) is 23.4 Å². The highest BCUT2D eigenvalue weighted by atomic mass is 16.4. The van der Waals surface area contributed by atoms with Crippen molar-refractivity contribution in [2.45, 2.75) is 70.1 Å². The van der Waals surface area contributed by atoms with E-state index in [2.05, 4.69) is 20.6 Å². The number of nitrogens with one attached hydrogen (secondary N) is 3. The average Bonchev–Trinajstić information content (AvgIpc) is 3.59. The van der Waals surface area contributed by atoms with Crippen LogP contribution < -0.4 is 16.4 Å². The van der Waals surface area contributed by atoms with Crippen LogP contribution in [-0.2, 0) is 32.0 Å². The molecule has 2 heterocycles. The second-order valence-corrected chi connectivity index (χ2v) is 9.72. The molecule has 2 aromatic rings. The highest BCUT2D eigenvalue weighted by molar-refractivity contribution is 5.94. The Kier molecular flexibility index (Phi) is 9.83. The van der Waals surface area contributed by atoms with Crippen molar-refractivity contribution >= 4 is 23.7 Å². The number of likely N-dealkylation sites (tertiary alicyclic amines) is 1. The van der Waals surface area contributed by atoms with E-state index in [1.807, 2.05) is 13.8 Å². The number of nitrogens with zero attached hydrogens (tertiary/aromatic N) is 2. The van der Waals surface area contributed by atoms with Crippen LogP contribution in [0.25, 0.3) is 0 Å². The fourth-order valence-corrected chi connectivity index (χ4v) is 4.49. The zero-order valence-corrected chi connectivity index (χ0v) is 21.6. The lowest BCUT2D eigenvalue weighted by Crippen LogP contribution is -2.58. The second-order valence-electron chi connectivity index (χ2n) is 9.72. The summed E-state index contributed by atoms with van der Waals surface area (Å²) in [5.41, 5.74) is 7.38. The van der Waals surface area contributed by atoms with E-state index in [4.69, 9.17) is 5.73 Å². The number of aliphatic carboxylic acids is 1. The maximum Gasteiger partial charge on any atom is 0.326 e. The highest BCUT2D eigenvalue weighted by Gasteiger charge is 2.40. The predicted octanol–water partition coefficient (Wildman–Crippen LogP) is 0.319. The Morgan fingerprint density at radius 1 is 1.18 bits per heavy atom. The van der Waals surface area contributed by atoms with Gasteiger partial charge in [-0.15, -0.1) is 0 Å². The number of hydrogen-bond acceptors (Lipinski definition) is 7. The quantitative estimate of drug-likeness (QED) is 0.227. The van der Waals surface area contributed by atoms with Crippen LogP contribution in [0.15, 0.2) is 36.8 Å². The number of carboxylic acid groups (broad SMARTS) is 1. The zero-order valence-electron chi connectivity index (χ0n) is 21.6. The van der Waals surface area contributed by atoms with E-state index < -0.39 is 47.9 Å². The van der Waals surface area contributed by atoms with Crippen LogP contribution in [0.1, 0.15) is 44.4 Å². The number of carbonyl (C=O) groups excluding carboxylic acids is 3. The summed E-state index contributed by atoms with van der Waals surface area (Å²) in [5.74, 6) is -2.83. The molecule has 0 saturated carbocycles. The molecule has 0 spiro atoms. The van der Waals surface area contributed by atoms with E-state index in [9.17, 15) is 29.4 Å². The number of aromatic hydroxyl groups is 1. The van der Waals surface area contributed by atoms with Crippen LogP contribution in [-0.4, -0.2) is 79.5 Å². The van der Waals surface area contributed by atoms with Gasteiger partial charge in [0.25, 0.3) is 0 Å². The summed E-state index contributed by atoms with van der Waals surface area (Å²) >= 11 is 0. The smallest absolute Gasteiger partial charge is 0.326 e. The molecule has 5 unspecified atom stereocenters. The monoisotopic (exact) mass is 528 g/mol. The van der Waals surface area contributed by atoms with Crippen molar-refractivity contribution in [2.24, 2.45) is 11.7 Å². The van der Waals surface area contributed by atoms with Crippen LogP contribution in [0.4, 0.5) is 0 Å². The predicted molar refractivity (Wildman–Crippen MR) is 138 cm³/mol. The molecular formula is C26H36N6O6. The molecule has 1 saturated heterocycles. The molecule has 3 amide bonds. The Balaban J connectivity index is 1.69. The number of nitrogens with two attached hydrogens (primary N) is 1. The first-order chi connectivity index (χ1) is 18.1. The largest absolute Gasteiger partial charge is 0.508 e. The number of carboxylic acids is 1. The number of carbonyl (C=O) groups is 4. The van der Waals surface area contributed by atoms with Gasteiger partial charge < -0.3 is 36.5 Å². The van der Waals surface area contributed by atoms with Crippen LogP contribution >= 0.6 is 0 Å². The van der Waals surface area contributed by atoms with Crippen molar-refractivity contribution in [3.63, 3.8) is 0 Å². The Hall–Kier alpha value is -3.93. The molecule has 1 aliphatic heterocycles. The molecule has 206 valence electrons. The number of amides is 3. The Bertz CT molecular complexity index is 1110. The Morgan fingerprint density at radius 3 is 2.50 bits per heavy atom. The minimum absolute atomic E-state index is 0.0157. The van der Waals surface area contributed by atoms with Crippen molar-refractivity contribution < 1.29 is 29.4 Å². The van der Waals surface area contributed by atoms with Crippen molar-refractivity contribution in [3.05, 3.63) is 48.0 Å². The van der Waals surface area contributed by atoms with Gasteiger partial charge in [0, 0.05) is 31.3 Å². The summed E-state index contributed by atoms with van der Waals surface area (Å²) < 4.78 is 0. The standard InChI is InChI=1S/C26H36N6O6/c1-3-15(2)22(31-23(34)19(27)12-17-13-28-14-29-17)25(36)32-10-4-5-21(32)24(35)30-20(26(37)38)11-16-6-8-18(33)9-7-16/h6-9,13-15,19-22,33H,3-5,10-12,27H2,1-2H3,(H,28,29)(H,30,35)(H,31,34)(H,37,38). The number of imidazole rings is 1. The number of aromatic nitrogens is 2. The molecule has 1 aromatic carbocycles. The van der Waals surface area contributed by atoms with Crippen molar-refractivity contribution in [1.29, 1.82) is 0 Å². The maximum absolute atomic E-state index is 13.6. The van der Waals surface area contributed by atoms with Crippen molar-refractivity contribution in [2.75, 3.05) is 6.54 Å². The average molecular weight is 529 g/mol. The van der Waals surface area contributed by atoms with Crippen LogP contribution in [0.2, 0.25) is 0 Å². The molecule has 12 nitrogen and oxygen atoms in total. The molecule has 0 bridgehead atoms. The van der Waals surface area contributed by atoms with Gasteiger partial charge in [0.05, 0.1) is 12.4 Å². The van der Waals surface area contributed by atoms with E-state index in [0.29, 0.717) is 37.1 Å². The molecule has 7 N–H and O–H groups in total. The molecule has 12 heteroatoms. The van der Waals surface area contributed by atoms with E-state index in [-0.39, 0.29) is 24.5 Å². The normalized spacial score (nSPS) is 18.3. The summed E-state index contributed by atoms with van der Waals surface area (Å²) in [5, 5.41) is 24.5. The molecule has 1 aromatic heterocycles. The second kappa shape index (κ2) is 13.0.